The first-order valence-electron chi connectivity index (χ1n) is 4.80. The molecule has 0 saturated heterocycles. The second-order valence-corrected chi connectivity index (χ2v) is 5.66. The average molecular weight is 377 g/mol. The Morgan fingerprint density at radius 3 is 2.45 bits per heavy atom. The van der Waals surface area contributed by atoms with Crippen LogP contribution in [0.3, 0.4) is 0 Å². The summed E-state index contributed by atoms with van der Waals surface area (Å²) in [6.45, 7) is 0. The van der Waals surface area contributed by atoms with Crippen LogP contribution in [-0.4, -0.2) is 21.6 Å². The van der Waals surface area contributed by atoms with Gasteiger partial charge in [-0.1, -0.05) is 0 Å². The number of carbonyl (C=O) groups is 1. The number of hydrogen-bond acceptors (Lipinski definition) is 4. The second kappa shape index (κ2) is 5.87. The van der Waals surface area contributed by atoms with Gasteiger partial charge in [-0.3, -0.25) is 4.72 Å². The molecule has 0 fully saturated rings. The van der Waals surface area contributed by atoms with E-state index in [4.69, 9.17) is 0 Å². The van der Waals surface area contributed by atoms with E-state index in [0.29, 0.717) is 6.07 Å². The van der Waals surface area contributed by atoms with Crippen LogP contribution in [0.1, 0.15) is 5.56 Å². The van der Waals surface area contributed by atoms with Crippen LogP contribution in [0.15, 0.2) is 22.7 Å². The molecule has 0 saturated carbocycles. The monoisotopic (exact) mass is 376 g/mol. The van der Waals surface area contributed by atoms with Crippen molar-refractivity contribution >= 4 is 37.9 Å². The Hall–Kier alpha value is -1.49. The molecule has 0 aliphatic rings. The molecule has 0 aliphatic heterocycles. The van der Waals surface area contributed by atoms with E-state index in [9.17, 15) is 26.4 Å². The summed E-state index contributed by atoms with van der Waals surface area (Å²) in [6.07, 6.45) is -5.91. The minimum Gasteiger partial charge on any atom is -0.452 e. The number of rotatable bonds is 3. The summed E-state index contributed by atoms with van der Waals surface area (Å²) in [5, 5.41) is 0. The van der Waals surface area contributed by atoms with Gasteiger partial charge in [0.25, 0.3) is 0 Å². The molecule has 0 aromatic heterocycles. The number of anilines is 1. The Morgan fingerprint density at radius 1 is 1.35 bits per heavy atom. The van der Waals surface area contributed by atoms with E-state index in [-0.39, 0.29) is 10.2 Å². The maximum atomic E-state index is 12.5. The maximum absolute atomic E-state index is 12.5. The van der Waals surface area contributed by atoms with Gasteiger partial charge in [-0.25, -0.2) is 9.52 Å². The molecule has 0 atom stereocenters. The molecule has 0 spiro atoms. The van der Waals surface area contributed by atoms with E-state index in [1.165, 1.54) is 4.72 Å². The Labute approximate surface area is 120 Å². The first-order chi connectivity index (χ1) is 9.05. The third kappa shape index (κ3) is 4.56. The van der Waals surface area contributed by atoms with E-state index >= 15 is 0 Å². The van der Waals surface area contributed by atoms with E-state index < -0.39 is 28.0 Å². The highest BCUT2D eigenvalue weighted by molar-refractivity contribution is 9.10. The second-order valence-electron chi connectivity index (χ2n) is 3.39. The van der Waals surface area contributed by atoms with Gasteiger partial charge in [0.05, 0.1) is 18.4 Å². The highest BCUT2D eigenvalue weighted by Gasteiger charge is 2.31. The number of methoxy groups -OCH3 is 1. The number of benzene rings is 1. The summed E-state index contributed by atoms with van der Waals surface area (Å²) in [5.41, 5.74) is -1.42. The van der Waals surface area contributed by atoms with Crippen LogP contribution < -0.4 is 9.44 Å². The highest BCUT2D eigenvalue weighted by atomic mass is 79.9. The normalized spacial score (nSPS) is 11.8. The molecule has 112 valence electrons. The molecule has 2 N–H and O–H groups in total. The number of ether oxygens (including phenoxy) is 1. The average Bonchev–Trinajstić information content (AvgIpc) is 2.29. The Bertz CT molecular complexity index is 618. The standard InChI is InChI=1S/C9H8BrF3N2O4S/c1-19-8(16)15-20(17,18)14-7-4-5(9(11,12)13)2-3-6(7)10/h2-4,14H,1H3,(H,15,16). The molecule has 1 aromatic carbocycles. The van der Waals surface area contributed by atoms with Gasteiger partial charge in [-0.05, 0) is 34.1 Å². The lowest BCUT2D eigenvalue weighted by atomic mass is 10.2. The lowest BCUT2D eigenvalue weighted by Crippen LogP contribution is -2.35. The van der Waals surface area contributed by atoms with Crippen LogP contribution in [0.2, 0.25) is 0 Å². The molecule has 11 heteroatoms. The van der Waals surface area contributed by atoms with E-state index in [0.717, 1.165) is 19.2 Å². The SMILES string of the molecule is COC(=O)NS(=O)(=O)Nc1cc(C(F)(F)F)ccc1Br. The summed E-state index contributed by atoms with van der Waals surface area (Å²) in [5.74, 6) is 0. The van der Waals surface area contributed by atoms with Crippen molar-refractivity contribution in [2.75, 3.05) is 11.8 Å². The third-order valence-corrected chi connectivity index (χ3v) is 3.56. The fourth-order valence-electron chi connectivity index (χ4n) is 1.10. The van der Waals surface area contributed by atoms with Gasteiger partial charge in [-0.2, -0.15) is 21.6 Å². The van der Waals surface area contributed by atoms with Crippen molar-refractivity contribution in [3.63, 3.8) is 0 Å². The first-order valence-corrected chi connectivity index (χ1v) is 7.08. The van der Waals surface area contributed by atoms with Gasteiger partial charge in [0.1, 0.15) is 0 Å². The van der Waals surface area contributed by atoms with Crippen molar-refractivity contribution in [3.05, 3.63) is 28.2 Å². The molecule has 0 aliphatic carbocycles. The third-order valence-electron chi connectivity index (χ3n) is 1.94. The number of nitrogens with one attached hydrogen (secondary N) is 2. The minimum atomic E-state index is -4.63. The predicted octanol–water partition coefficient (Wildman–Crippen LogP) is 2.48. The van der Waals surface area contributed by atoms with Crippen molar-refractivity contribution in [1.29, 1.82) is 0 Å². The molecule has 0 unspecified atom stereocenters. The fourth-order valence-corrected chi connectivity index (χ4v) is 2.39. The number of carbonyl (C=O) groups excluding carboxylic acids is 1. The van der Waals surface area contributed by atoms with Gasteiger partial charge in [0.15, 0.2) is 0 Å². The molecular weight excluding hydrogens is 369 g/mol. The predicted molar refractivity (Wildman–Crippen MR) is 67.2 cm³/mol. The fraction of sp³-hybridized carbons (Fsp3) is 0.222. The zero-order valence-corrected chi connectivity index (χ0v) is 12.2. The lowest BCUT2D eigenvalue weighted by Gasteiger charge is -2.13. The van der Waals surface area contributed by atoms with Crippen LogP contribution in [0.5, 0.6) is 0 Å². The number of hydrogen-bond donors (Lipinski definition) is 2. The number of halogens is 4. The summed E-state index contributed by atoms with van der Waals surface area (Å²) in [6, 6.07) is 2.38. The smallest absolute Gasteiger partial charge is 0.422 e. The van der Waals surface area contributed by atoms with E-state index in [1.807, 2.05) is 0 Å². The van der Waals surface area contributed by atoms with Crippen molar-refractivity contribution in [2.45, 2.75) is 6.18 Å². The van der Waals surface area contributed by atoms with Crippen LogP contribution in [0.25, 0.3) is 0 Å². The molecule has 20 heavy (non-hydrogen) atoms. The van der Waals surface area contributed by atoms with Crippen LogP contribution in [0.4, 0.5) is 23.7 Å². The summed E-state index contributed by atoms with van der Waals surface area (Å²) in [7, 11) is -3.47. The van der Waals surface area contributed by atoms with Crippen LogP contribution in [-0.2, 0) is 21.1 Å². The zero-order valence-electron chi connectivity index (χ0n) is 9.79. The molecule has 0 radical (unpaired) electrons. The van der Waals surface area contributed by atoms with Gasteiger partial charge < -0.3 is 4.74 Å². The van der Waals surface area contributed by atoms with Crippen molar-refractivity contribution in [1.82, 2.24) is 4.72 Å². The molecular formula is C9H8BrF3N2O4S. The Balaban J connectivity index is 3.06. The quantitative estimate of drug-likeness (QED) is 0.848. The molecule has 0 heterocycles. The van der Waals surface area contributed by atoms with Gasteiger partial charge in [-0.15, -0.1) is 0 Å². The minimum absolute atomic E-state index is 0.0701. The Morgan fingerprint density at radius 2 is 1.95 bits per heavy atom. The van der Waals surface area contributed by atoms with E-state index in [1.54, 1.807) is 4.72 Å². The largest absolute Gasteiger partial charge is 0.452 e. The number of alkyl halides is 3. The molecule has 0 bridgehead atoms. The zero-order chi connectivity index (χ0) is 15.6. The lowest BCUT2D eigenvalue weighted by molar-refractivity contribution is -0.137. The van der Waals surface area contributed by atoms with Crippen molar-refractivity contribution < 1.29 is 31.1 Å². The molecule has 1 rings (SSSR count). The highest BCUT2D eigenvalue weighted by Crippen LogP contribution is 2.34. The summed E-state index contributed by atoms with van der Waals surface area (Å²) in [4.78, 5) is 10.8. The van der Waals surface area contributed by atoms with Gasteiger partial charge in [0, 0.05) is 4.47 Å². The van der Waals surface area contributed by atoms with Crippen molar-refractivity contribution in [2.24, 2.45) is 0 Å². The molecule has 1 amide bonds. The Kier molecular flexibility index (Phi) is 4.86. The maximum Gasteiger partial charge on any atom is 0.422 e. The molecule has 6 nitrogen and oxygen atoms in total. The van der Waals surface area contributed by atoms with Crippen molar-refractivity contribution in [3.8, 4) is 0 Å². The summed E-state index contributed by atoms with van der Waals surface area (Å²) < 4.78 is 67.8. The van der Waals surface area contributed by atoms with E-state index in [2.05, 4.69) is 20.7 Å². The topological polar surface area (TPSA) is 84.5 Å². The van der Waals surface area contributed by atoms with Gasteiger partial charge >= 0.3 is 22.5 Å². The number of amides is 1. The summed E-state index contributed by atoms with van der Waals surface area (Å²) >= 11 is 2.89. The first kappa shape index (κ1) is 16.6. The van der Waals surface area contributed by atoms with Crippen LogP contribution in [0, 0.1) is 0 Å². The molecule has 1 aromatic rings. The van der Waals surface area contributed by atoms with Crippen LogP contribution >= 0.6 is 15.9 Å². The van der Waals surface area contributed by atoms with Gasteiger partial charge in [0.2, 0.25) is 0 Å².